The summed E-state index contributed by atoms with van der Waals surface area (Å²) >= 11 is 0. The second kappa shape index (κ2) is 4.84. The van der Waals surface area contributed by atoms with Gasteiger partial charge in [0.2, 0.25) is 0 Å². The smallest absolute Gasteiger partial charge is 0.0363 e. The molecule has 0 amide bonds. The fourth-order valence-electron chi connectivity index (χ4n) is 2.50. The van der Waals surface area contributed by atoms with Crippen molar-refractivity contribution in [2.45, 2.75) is 25.7 Å². The molecular weight excluding hydrogens is 234 g/mol. The SMILES string of the molecule is CC(c1ccc[nH]1)c1ccc(C(C)c2ccc[nH]2)[nH]1. The maximum Gasteiger partial charge on any atom is 0.0363 e. The lowest BCUT2D eigenvalue weighted by atomic mass is 10.1. The summed E-state index contributed by atoms with van der Waals surface area (Å²) in [7, 11) is 0. The molecule has 0 spiro atoms. The number of nitrogens with one attached hydrogen (secondary N) is 3. The first-order valence-corrected chi connectivity index (χ1v) is 6.71. The lowest BCUT2D eigenvalue weighted by molar-refractivity contribution is 0.807. The molecule has 3 aromatic heterocycles. The van der Waals surface area contributed by atoms with Crippen molar-refractivity contribution in [1.29, 1.82) is 0 Å². The van der Waals surface area contributed by atoms with Crippen molar-refractivity contribution in [2.24, 2.45) is 0 Å². The van der Waals surface area contributed by atoms with E-state index in [0.717, 1.165) is 0 Å². The van der Waals surface area contributed by atoms with Gasteiger partial charge in [-0.15, -0.1) is 0 Å². The molecule has 0 aromatic carbocycles. The molecule has 3 nitrogen and oxygen atoms in total. The first kappa shape index (κ1) is 11.9. The molecule has 3 rings (SSSR count). The van der Waals surface area contributed by atoms with E-state index in [4.69, 9.17) is 0 Å². The van der Waals surface area contributed by atoms with Gasteiger partial charge in [-0.25, -0.2) is 0 Å². The van der Waals surface area contributed by atoms with Gasteiger partial charge in [-0.1, -0.05) is 13.8 Å². The third kappa shape index (κ3) is 2.24. The molecule has 0 saturated carbocycles. The zero-order chi connectivity index (χ0) is 13.2. The van der Waals surface area contributed by atoms with Crippen LogP contribution in [0.3, 0.4) is 0 Å². The molecule has 0 fully saturated rings. The molecule has 0 bridgehead atoms. The number of aromatic amines is 3. The lowest BCUT2D eigenvalue weighted by Crippen LogP contribution is -2.00. The minimum atomic E-state index is 0.361. The maximum atomic E-state index is 3.55. The highest BCUT2D eigenvalue weighted by atomic mass is 14.8. The fraction of sp³-hybridized carbons (Fsp3) is 0.250. The molecule has 19 heavy (non-hydrogen) atoms. The van der Waals surface area contributed by atoms with Crippen LogP contribution in [-0.2, 0) is 0 Å². The monoisotopic (exact) mass is 253 g/mol. The molecule has 0 aliphatic carbocycles. The van der Waals surface area contributed by atoms with Crippen molar-refractivity contribution in [3.63, 3.8) is 0 Å². The Labute approximate surface area is 113 Å². The average Bonchev–Trinajstić information content (AvgIpc) is 3.16. The molecule has 3 heterocycles. The summed E-state index contributed by atoms with van der Waals surface area (Å²) in [5, 5.41) is 0. The molecule has 2 atom stereocenters. The van der Waals surface area contributed by atoms with Gasteiger partial charge in [-0.3, -0.25) is 0 Å². The fourth-order valence-corrected chi connectivity index (χ4v) is 2.50. The van der Waals surface area contributed by atoms with Crippen LogP contribution in [0.1, 0.15) is 48.5 Å². The van der Waals surface area contributed by atoms with Crippen LogP contribution in [0.2, 0.25) is 0 Å². The number of hydrogen-bond donors (Lipinski definition) is 3. The van der Waals surface area contributed by atoms with Gasteiger partial charge in [-0.2, -0.15) is 0 Å². The zero-order valence-electron chi connectivity index (χ0n) is 11.3. The van der Waals surface area contributed by atoms with Crippen LogP contribution in [-0.4, -0.2) is 15.0 Å². The van der Waals surface area contributed by atoms with Gasteiger partial charge < -0.3 is 15.0 Å². The number of rotatable bonds is 4. The standard InChI is InChI=1S/C16H19N3/c1-11(13-5-3-9-17-13)15-7-8-16(19-15)12(2)14-6-4-10-18-14/h3-12,17-19H,1-2H3. The Balaban J connectivity index is 1.83. The summed E-state index contributed by atoms with van der Waals surface area (Å²) in [4.78, 5) is 10.1. The summed E-state index contributed by atoms with van der Waals surface area (Å²) in [6, 6.07) is 12.7. The quantitative estimate of drug-likeness (QED) is 0.630. The number of aromatic nitrogens is 3. The van der Waals surface area contributed by atoms with Gasteiger partial charge in [0.15, 0.2) is 0 Å². The van der Waals surface area contributed by atoms with E-state index >= 15 is 0 Å². The van der Waals surface area contributed by atoms with Gasteiger partial charge >= 0.3 is 0 Å². The summed E-state index contributed by atoms with van der Waals surface area (Å²) < 4.78 is 0. The van der Waals surface area contributed by atoms with Gasteiger partial charge in [0.05, 0.1) is 0 Å². The van der Waals surface area contributed by atoms with E-state index in [1.165, 1.54) is 22.8 Å². The first-order valence-electron chi connectivity index (χ1n) is 6.71. The van der Waals surface area contributed by atoms with E-state index in [1.807, 2.05) is 24.5 Å². The van der Waals surface area contributed by atoms with E-state index in [0.29, 0.717) is 11.8 Å². The topological polar surface area (TPSA) is 47.4 Å². The minimum absolute atomic E-state index is 0.361. The molecule has 0 aliphatic heterocycles. The highest BCUT2D eigenvalue weighted by molar-refractivity contribution is 5.29. The third-order valence-corrected chi connectivity index (χ3v) is 3.84. The molecule has 98 valence electrons. The Kier molecular flexibility index (Phi) is 3.03. The van der Waals surface area contributed by atoms with Gasteiger partial charge in [-0.05, 0) is 36.4 Å². The van der Waals surface area contributed by atoms with Crippen LogP contribution in [0, 0.1) is 0 Å². The van der Waals surface area contributed by atoms with Crippen molar-refractivity contribution in [1.82, 2.24) is 15.0 Å². The lowest BCUT2D eigenvalue weighted by Gasteiger charge is -2.10. The van der Waals surface area contributed by atoms with Crippen molar-refractivity contribution < 1.29 is 0 Å². The van der Waals surface area contributed by atoms with Crippen LogP contribution in [0.15, 0.2) is 48.8 Å². The third-order valence-electron chi connectivity index (χ3n) is 3.84. The second-order valence-corrected chi connectivity index (χ2v) is 5.06. The summed E-state index contributed by atoms with van der Waals surface area (Å²) in [6.07, 6.45) is 3.94. The van der Waals surface area contributed by atoms with Crippen LogP contribution >= 0.6 is 0 Å². The Morgan fingerprint density at radius 3 is 1.53 bits per heavy atom. The second-order valence-electron chi connectivity index (χ2n) is 5.06. The largest absolute Gasteiger partial charge is 0.364 e. The summed E-state index contributed by atoms with van der Waals surface area (Å²) in [5.41, 5.74) is 4.97. The van der Waals surface area contributed by atoms with E-state index in [2.05, 4.69) is 53.1 Å². The maximum absolute atomic E-state index is 3.55. The van der Waals surface area contributed by atoms with Gasteiger partial charge in [0.25, 0.3) is 0 Å². The Morgan fingerprint density at radius 1 is 0.684 bits per heavy atom. The van der Waals surface area contributed by atoms with Crippen molar-refractivity contribution in [2.75, 3.05) is 0 Å². The first-order chi connectivity index (χ1) is 9.25. The van der Waals surface area contributed by atoms with Crippen LogP contribution in [0.4, 0.5) is 0 Å². The predicted octanol–water partition coefficient (Wildman–Crippen LogP) is 3.97. The normalized spacial score (nSPS) is 14.4. The molecule has 0 aliphatic rings. The van der Waals surface area contributed by atoms with Gasteiger partial charge in [0, 0.05) is 47.0 Å². The molecule has 0 saturated heterocycles. The predicted molar refractivity (Wildman–Crippen MR) is 77.4 cm³/mol. The molecule has 0 radical (unpaired) electrons. The van der Waals surface area contributed by atoms with E-state index in [1.54, 1.807) is 0 Å². The molecule has 3 N–H and O–H groups in total. The Hall–Kier alpha value is -2.16. The van der Waals surface area contributed by atoms with Crippen LogP contribution in [0.25, 0.3) is 0 Å². The highest BCUT2D eigenvalue weighted by Gasteiger charge is 2.15. The van der Waals surface area contributed by atoms with Crippen LogP contribution in [0.5, 0.6) is 0 Å². The zero-order valence-corrected chi connectivity index (χ0v) is 11.3. The molecule has 3 heteroatoms. The van der Waals surface area contributed by atoms with E-state index < -0.39 is 0 Å². The van der Waals surface area contributed by atoms with E-state index in [-0.39, 0.29) is 0 Å². The van der Waals surface area contributed by atoms with Crippen LogP contribution < -0.4 is 0 Å². The minimum Gasteiger partial charge on any atom is -0.364 e. The summed E-state index contributed by atoms with van der Waals surface area (Å²) in [5.74, 6) is 0.721. The Morgan fingerprint density at radius 2 is 1.16 bits per heavy atom. The highest BCUT2D eigenvalue weighted by Crippen LogP contribution is 2.26. The average molecular weight is 253 g/mol. The Bertz CT molecular complexity index is 562. The van der Waals surface area contributed by atoms with Crippen molar-refractivity contribution in [3.05, 3.63) is 71.6 Å². The molecular formula is C16H19N3. The van der Waals surface area contributed by atoms with Crippen molar-refractivity contribution in [3.8, 4) is 0 Å². The van der Waals surface area contributed by atoms with Crippen molar-refractivity contribution >= 4 is 0 Å². The molecule has 3 aromatic rings. The van der Waals surface area contributed by atoms with E-state index in [9.17, 15) is 0 Å². The van der Waals surface area contributed by atoms with Gasteiger partial charge in [0.1, 0.15) is 0 Å². The number of hydrogen-bond acceptors (Lipinski definition) is 0. The number of H-pyrrole nitrogens is 3. The summed E-state index contributed by atoms with van der Waals surface area (Å²) in [6.45, 7) is 4.42. The molecule has 2 unspecified atom stereocenters.